The van der Waals surface area contributed by atoms with Crippen LogP contribution in [0.25, 0.3) is 0 Å². The molecule has 1 aliphatic rings. The van der Waals surface area contributed by atoms with Gasteiger partial charge in [0.2, 0.25) is 5.91 Å². The molecule has 7 nitrogen and oxygen atoms in total. The van der Waals surface area contributed by atoms with Gasteiger partial charge in [-0.2, -0.15) is 0 Å². The summed E-state index contributed by atoms with van der Waals surface area (Å²) in [5.74, 6) is 0.562. The molecule has 2 aromatic carbocycles. The van der Waals surface area contributed by atoms with Crippen LogP contribution in [0.4, 0.5) is 5.69 Å². The lowest BCUT2D eigenvalue weighted by Crippen LogP contribution is -2.25. The Kier molecular flexibility index (Phi) is 5.70. The third-order valence-electron chi connectivity index (χ3n) is 3.75. The van der Waals surface area contributed by atoms with Gasteiger partial charge in [-0.3, -0.25) is 9.59 Å². The number of hydrogen-bond donors (Lipinski definition) is 2. The highest BCUT2D eigenvalue weighted by Crippen LogP contribution is 2.33. The van der Waals surface area contributed by atoms with E-state index in [1.807, 2.05) is 12.1 Å². The zero-order chi connectivity index (χ0) is 18.4. The largest absolute Gasteiger partial charge is 0.486 e. The lowest BCUT2D eigenvalue weighted by molar-refractivity contribution is -0.119. The average Bonchev–Trinajstić information content (AvgIpc) is 2.66. The van der Waals surface area contributed by atoms with Gasteiger partial charge in [-0.15, -0.1) is 0 Å². The fraction of sp³-hybridized carbons (Fsp3) is 0.263. The molecule has 0 aliphatic carbocycles. The summed E-state index contributed by atoms with van der Waals surface area (Å²) in [6.45, 7) is 1.19. The van der Waals surface area contributed by atoms with E-state index in [9.17, 15) is 9.59 Å². The number of methoxy groups -OCH3 is 1. The van der Waals surface area contributed by atoms with Crippen molar-refractivity contribution >= 4 is 17.5 Å². The van der Waals surface area contributed by atoms with Crippen molar-refractivity contribution in [3.8, 4) is 11.5 Å². The first-order chi connectivity index (χ1) is 12.7. The summed E-state index contributed by atoms with van der Waals surface area (Å²) in [6, 6.07) is 12.5. The average molecular weight is 356 g/mol. The predicted octanol–water partition coefficient (Wildman–Crippen LogP) is 1.97. The lowest BCUT2D eigenvalue weighted by atomic mass is 10.1. The molecule has 0 atom stereocenters. The second-order valence-electron chi connectivity index (χ2n) is 5.69. The van der Waals surface area contributed by atoms with Gasteiger partial charge in [0.05, 0.1) is 5.56 Å². The first kappa shape index (κ1) is 17.8. The second kappa shape index (κ2) is 8.35. The van der Waals surface area contributed by atoms with E-state index in [0.717, 1.165) is 5.56 Å². The van der Waals surface area contributed by atoms with E-state index < -0.39 is 0 Å². The van der Waals surface area contributed by atoms with Gasteiger partial charge < -0.3 is 24.8 Å². The maximum absolute atomic E-state index is 12.5. The molecule has 2 N–H and O–H groups in total. The fourth-order valence-corrected chi connectivity index (χ4v) is 2.62. The SMILES string of the molecule is COCC(=O)Nc1cccc(CNC(=O)c2cccc3c2OCCO3)c1. The first-order valence-corrected chi connectivity index (χ1v) is 8.22. The van der Waals surface area contributed by atoms with Gasteiger partial charge in [0.15, 0.2) is 11.5 Å². The molecule has 136 valence electrons. The highest BCUT2D eigenvalue weighted by Gasteiger charge is 2.20. The van der Waals surface area contributed by atoms with E-state index in [0.29, 0.717) is 42.5 Å². The third kappa shape index (κ3) is 4.31. The summed E-state index contributed by atoms with van der Waals surface area (Å²) in [4.78, 5) is 24.1. The summed E-state index contributed by atoms with van der Waals surface area (Å²) < 4.78 is 15.9. The van der Waals surface area contributed by atoms with Crippen LogP contribution >= 0.6 is 0 Å². The van der Waals surface area contributed by atoms with Crippen molar-refractivity contribution in [3.05, 3.63) is 53.6 Å². The number of carbonyl (C=O) groups is 2. The number of fused-ring (bicyclic) bond motifs is 1. The molecular weight excluding hydrogens is 336 g/mol. The van der Waals surface area contributed by atoms with Crippen molar-refractivity contribution in [2.75, 3.05) is 32.2 Å². The van der Waals surface area contributed by atoms with Gasteiger partial charge in [0, 0.05) is 19.3 Å². The number of rotatable bonds is 6. The van der Waals surface area contributed by atoms with Crippen LogP contribution in [0.2, 0.25) is 0 Å². The summed E-state index contributed by atoms with van der Waals surface area (Å²) in [5, 5.41) is 5.59. The van der Waals surface area contributed by atoms with Crippen molar-refractivity contribution in [3.63, 3.8) is 0 Å². The number of para-hydroxylation sites is 1. The smallest absolute Gasteiger partial charge is 0.255 e. The standard InChI is InChI=1S/C19H20N2O5/c1-24-12-17(22)21-14-5-2-4-13(10-14)11-20-19(23)15-6-3-7-16-18(15)26-9-8-25-16/h2-7,10H,8-9,11-12H2,1H3,(H,20,23)(H,21,22). The molecule has 0 unspecified atom stereocenters. The van der Waals surface area contributed by atoms with Crippen molar-refractivity contribution < 1.29 is 23.8 Å². The van der Waals surface area contributed by atoms with Gasteiger partial charge >= 0.3 is 0 Å². The van der Waals surface area contributed by atoms with Gasteiger partial charge in [0.1, 0.15) is 19.8 Å². The van der Waals surface area contributed by atoms with Crippen LogP contribution < -0.4 is 20.1 Å². The Morgan fingerprint density at radius 2 is 1.92 bits per heavy atom. The third-order valence-corrected chi connectivity index (χ3v) is 3.75. The molecule has 0 saturated heterocycles. The zero-order valence-corrected chi connectivity index (χ0v) is 14.4. The molecule has 26 heavy (non-hydrogen) atoms. The summed E-state index contributed by atoms with van der Waals surface area (Å²) in [6.07, 6.45) is 0. The Labute approximate surface area is 151 Å². The molecule has 1 heterocycles. The highest BCUT2D eigenvalue weighted by molar-refractivity contribution is 5.98. The van der Waals surface area contributed by atoms with E-state index in [2.05, 4.69) is 10.6 Å². The second-order valence-corrected chi connectivity index (χ2v) is 5.69. The van der Waals surface area contributed by atoms with E-state index in [4.69, 9.17) is 14.2 Å². The van der Waals surface area contributed by atoms with E-state index >= 15 is 0 Å². The summed E-state index contributed by atoms with van der Waals surface area (Å²) in [7, 11) is 1.46. The normalized spacial score (nSPS) is 12.3. The molecule has 0 saturated carbocycles. The van der Waals surface area contributed by atoms with Gasteiger partial charge in [-0.1, -0.05) is 18.2 Å². The van der Waals surface area contributed by atoms with Gasteiger partial charge in [-0.25, -0.2) is 0 Å². The van der Waals surface area contributed by atoms with E-state index in [-0.39, 0.29) is 18.4 Å². The topological polar surface area (TPSA) is 85.9 Å². The van der Waals surface area contributed by atoms with Crippen molar-refractivity contribution in [1.29, 1.82) is 0 Å². The molecule has 0 aromatic heterocycles. The van der Waals surface area contributed by atoms with Gasteiger partial charge in [-0.05, 0) is 29.8 Å². The van der Waals surface area contributed by atoms with Gasteiger partial charge in [0.25, 0.3) is 5.91 Å². The Hall–Kier alpha value is -3.06. The molecule has 2 aromatic rings. The molecule has 2 amide bonds. The Morgan fingerprint density at radius 3 is 2.77 bits per heavy atom. The quantitative estimate of drug-likeness (QED) is 0.827. The molecule has 0 bridgehead atoms. The van der Waals surface area contributed by atoms with Crippen LogP contribution in [0.1, 0.15) is 15.9 Å². The Morgan fingerprint density at radius 1 is 1.12 bits per heavy atom. The molecule has 3 rings (SSSR count). The number of carbonyl (C=O) groups excluding carboxylic acids is 2. The van der Waals surface area contributed by atoms with E-state index in [1.165, 1.54) is 7.11 Å². The van der Waals surface area contributed by atoms with Crippen molar-refractivity contribution in [2.24, 2.45) is 0 Å². The van der Waals surface area contributed by atoms with E-state index in [1.54, 1.807) is 30.3 Å². The van der Waals surface area contributed by atoms with Crippen LogP contribution in [0.3, 0.4) is 0 Å². The zero-order valence-electron chi connectivity index (χ0n) is 14.4. The molecule has 0 fully saturated rings. The van der Waals surface area contributed by atoms with Crippen LogP contribution in [0.15, 0.2) is 42.5 Å². The molecule has 0 radical (unpaired) electrons. The molecule has 7 heteroatoms. The molecule has 0 spiro atoms. The highest BCUT2D eigenvalue weighted by atomic mass is 16.6. The summed E-state index contributed by atoms with van der Waals surface area (Å²) >= 11 is 0. The van der Waals surface area contributed by atoms with Crippen molar-refractivity contribution in [1.82, 2.24) is 5.32 Å². The minimum atomic E-state index is -0.249. The number of nitrogens with one attached hydrogen (secondary N) is 2. The number of amides is 2. The minimum Gasteiger partial charge on any atom is -0.486 e. The summed E-state index contributed by atoms with van der Waals surface area (Å²) in [5.41, 5.74) is 1.94. The number of benzene rings is 2. The van der Waals surface area contributed by atoms with Crippen LogP contribution in [-0.4, -0.2) is 38.7 Å². The first-order valence-electron chi connectivity index (χ1n) is 8.22. The molecular formula is C19H20N2O5. The maximum atomic E-state index is 12.5. The lowest BCUT2D eigenvalue weighted by Gasteiger charge is -2.20. The fourth-order valence-electron chi connectivity index (χ4n) is 2.62. The van der Waals surface area contributed by atoms with Crippen LogP contribution in [-0.2, 0) is 16.1 Å². The minimum absolute atomic E-state index is 0.0118. The maximum Gasteiger partial charge on any atom is 0.255 e. The monoisotopic (exact) mass is 356 g/mol. The van der Waals surface area contributed by atoms with Crippen molar-refractivity contribution in [2.45, 2.75) is 6.54 Å². The number of anilines is 1. The Bertz CT molecular complexity index is 806. The Balaban J connectivity index is 1.64. The van der Waals surface area contributed by atoms with Crippen LogP contribution in [0, 0.1) is 0 Å². The number of ether oxygens (including phenoxy) is 3. The predicted molar refractivity (Wildman–Crippen MR) is 95.5 cm³/mol. The number of hydrogen-bond acceptors (Lipinski definition) is 5. The van der Waals surface area contributed by atoms with Crippen LogP contribution in [0.5, 0.6) is 11.5 Å². The molecule has 1 aliphatic heterocycles.